The number of anilines is 2. The van der Waals surface area contributed by atoms with E-state index in [0.29, 0.717) is 48.4 Å². The highest BCUT2D eigenvalue weighted by atomic mass is 28.3. The van der Waals surface area contributed by atoms with Crippen molar-refractivity contribution in [3.05, 3.63) is 59.9 Å². The summed E-state index contributed by atoms with van der Waals surface area (Å²) in [5, 5.41) is 0. The summed E-state index contributed by atoms with van der Waals surface area (Å²) < 4.78 is 109. The predicted octanol–water partition coefficient (Wildman–Crippen LogP) is 8.70. The predicted molar refractivity (Wildman–Crippen MR) is 204 cm³/mol. The average Bonchev–Trinajstić information content (AvgIpc) is 3.48. The number of nitrogens with zero attached hydrogens (tertiary/aromatic N) is 6. The minimum Gasteiger partial charge on any atom is -0.384 e. The minimum atomic E-state index is -4.93. The molecular formula is C39H47F7N6O3Si. The van der Waals surface area contributed by atoms with Crippen molar-refractivity contribution in [2.75, 3.05) is 69.9 Å². The molecule has 0 N–H and O–H groups in total. The van der Waals surface area contributed by atoms with Gasteiger partial charge < -0.3 is 24.2 Å². The lowest BCUT2D eigenvalue weighted by atomic mass is 9.69. The summed E-state index contributed by atoms with van der Waals surface area (Å²) in [5.74, 6) is -2.42. The van der Waals surface area contributed by atoms with Crippen molar-refractivity contribution in [2.24, 2.45) is 5.41 Å². The van der Waals surface area contributed by atoms with Crippen LogP contribution in [-0.2, 0) is 27.2 Å². The standard InChI is InChI=1S/C39H47F7N6O3Si/c1-49(23-37(24-54-2)11-6-12-37)32-22-31(27-19-28(38(41,42)43)21-29(40)20-27)47-34-33(32)52(25-55-17-18-56(3,4)5)35(48-34)26-7-9-30(10-8-26)50-13-15-51(16-14-50)36(53)39(44,45)46/h7-10,19-22H,6,11-18,23-25H2,1-5H3. The second kappa shape index (κ2) is 16.0. The first-order chi connectivity index (χ1) is 26.3. The van der Waals surface area contributed by atoms with Gasteiger partial charge in [-0.25, -0.2) is 14.4 Å². The number of ether oxygens (including phenoxy) is 2. The fourth-order valence-electron chi connectivity index (χ4n) is 7.42. The van der Waals surface area contributed by atoms with Gasteiger partial charge in [0.2, 0.25) is 0 Å². The highest BCUT2D eigenvalue weighted by Crippen LogP contribution is 2.44. The Balaban J connectivity index is 1.43. The van der Waals surface area contributed by atoms with Crippen LogP contribution in [0.5, 0.6) is 0 Å². The lowest BCUT2D eigenvalue weighted by molar-refractivity contribution is -0.185. The van der Waals surface area contributed by atoms with Crippen molar-refractivity contribution < 1.29 is 45.0 Å². The molecule has 0 unspecified atom stereocenters. The van der Waals surface area contributed by atoms with Gasteiger partial charge in [-0.1, -0.05) is 26.1 Å². The van der Waals surface area contributed by atoms with E-state index in [1.807, 2.05) is 45.7 Å². The number of carbonyl (C=O) groups is 1. The SMILES string of the molecule is COCC1(CN(C)c2cc(-c3cc(F)cc(C(F)(F)F)c3)nc3nc(-c4ccc(N5CCN(C(=O)C(F)(F)F)CC5)cc4)n(COCC[Si](C)(C)C)c23)CCC1. The molecule has 9 nitrogen and oxygen atoms in total. The lowest BCUT2D eigenvalue weighted by Gasteiger charge is -2.44. The van der Waals surface area contributed by atoms with Crippen molar-refractivity contribution in [3.63, 3.8) is 0 Å². The van der Waals surface area contributed by atoms with Crippen LogP contribution in [0.2, 0.25) is 25.7 Å². The smallest absolute Gasteiger partial charge is 0.384 e. The molecule has 304 valence electrons. The maximum absolute atomic E-state index is 14.7. The summed E-state index contributed by atoms with van der Waals surface area (Å²) in [6.07, 6.45) is -6.78. The maximum Gasteiger partial charge on any atom is 0.471 e. The number of alkyl halides is 6. The van der Waals surface area contributed by atoms with Crippen LogP contribution in [0.25, 0.3) is 33.8 Å². The van der Waals surface area contributed by atoms with Gasteiger partial charge in [-0.3, -0.25) is 9.36 Å². The molecule has 4 aromatic rings. The van der Waals surface area contributed by atoms with Gasteiger partial charge >= 0.3 is 18.3 Å². The van der Waals surface area contributed by atoms with Crippen molar-refractivity contribution >= 4 is 36.5 Å². The fraction of sp³-hybridized carbons (Fsp3) is 0.513. The van der Waals surface area contributed by atoms with Crippen LogP contribution in [0.3, 0.4) is 0 Å². The molecule has 0 spiro atoms. The van der Waals surface area contributed by atoms with Crippen LogP contribution in [0.4, 0.5) is 42.1 Å². The normalized spacial score (nSPS) is 16.4. The Morgan fingerprint density at radius 3 is 2.18 bits per heavy atom. The molecule has 2 fully saturated rings. The van der Waals surface area contributed by atoms with Gasteiger partial charge in [-0.05, 0) is 67.4 Å². The van der Waals surface area contributed by atoms with Crippen LogP contribution in [0.15, 0.2) is 48.5 Å². The molecule has 0 atom stereocenters. The van der Waals surface area contributed by atoms with Gasteiger partial charge in [0.1, 0.15) is 23.9 Å². The van der Waals surface area contributed by atoms with E-state index in [4.69, 9.17) is 19.4 Å². The number of halogens is 7. The Hall–Kier alpha value is -4.22. The lowest BCUT2D eigenvalue weighted by Crippen LogP contribution is -2.52. The topological polar surface area (TPSA) is 76.0 Å². The molecule has 2 aliphatic rings. The van der Waals surface area contributed by atoms with Gasteiger partial charge in [0.15, 0.2) is 5.65 Å². The molecule has 1 aliphatic carbocycles. The number of piperazine rings is 1. The van der Waals surface area contributed by atoms with E-state index in [1.165, 1.54) is 0 Å². The monoisotopic (exact) mass is 808 g/mol. The summed E-state index contributed by atoms with van der Waals surface area (Å²) in [6.45, 7) is 8.71. The van der Waals surface area contributed by atoms with E-state index in [-0.39, 0.29) is 55.2 Å². The number of methoxy groups -OCH3 is 1. The van der Waals surface area contributed by atoms with E-state index < -0.39 is 37.7 Å². The molecule has 6 rings (SSSR count). The van der Waals surface area contributed by atoms with E-state index in [9.17, 15) is 35.5 Å². The quantitative estimate of drug-likeness (QED) is 0.0761. The number of benzene rings is 2. The third-order valence-corrected chi connectivity index (χ3v) is 12.3. The molecule has 2 aromatic carbocycles. The largest absolute Gasteiger partial charge is 0.471 e. The molecule has 1 saturated heterocycles. The zero-order chi connectivity index (χ0) is 40.6. The van der Waals surface area contributed by atoms with Crippen LogP contribution in [-0.4, -0.2) is 99.7 Å². The van der Waals surface area contributed by atoms with E-state index in [0.717, 1.165) is 48.0 Å². The van der Waals surface area contributed by atoms with Crippen molar-refractivity contribution in [2.45, 2.75) is 64.0 Å². The highest BCUT2D eigenvalue weighted by molar-refractivity contribution is 6.76. The summed E-state index contributed by atoms with van der Waals surface area (Å²) >= 11 is 0. The third kappa shape index (κ3) is 9.31. The van der Waals surface area contributed by atoms with Gasteiger partial charge in [-0.2, -0.15) is 26.3 Å². The fourth-order valence-corrected chi connectivity index (χ4v) is 8.18. The second-order valence-corrected chi connectivity index (χ2v) is 21.7. The first-order valence-corrected chi connectivity index (χ1v) is 22.3. The molecule has 2 aromatic heterocycles. The number of fused-ring (bicyclic) bond motifs is 1. The van der Waals surface area contributed by atoms with Crippen LogP contribution >= 0.6 is 0 Å². The number of pyridine rings is 1. The van der Waals surface area contributed by atoms with Crippen molar-refractivity contribution in [1.82, 2.24) is 19.4 Å². The summed E-state index contributed by atoms with van der Waals surface area (Å²) in [7, 11) is 2.10. The first kappa shape index (κ1) is 41.4. The number of aromatic nitrogens is 3. The van der Waals surface area contributed by atoms with Crippen LogP contribution in [0, 0.1) is 11.2 Å². The van der Waals surface area contributed by atoms with Gasteiger partial charge in [0, 0.05) is 83.8 Å². The van der Waals surface area contributed by atoms with E-state index in [1.54, 1.807) is 13.2 Å². The Bertz CT molecular complexity index is 2020. The number of amides is 1. The average molecular weight is 809 g/mol. The molecule has 3 heterocycles. The van der Waals surface area contributed by atoms with Gasteiger partial charge in [0.25, 0.3) is 0 Å². The van der Waals surface area contributed by atoms with E-state index >= 15 is 0 Å². The van der Waals surface area contributed by atoms with Crippen molar-refractivity contribution in [1.29, 1.82) is 0 Å². The number of hydrogen-bond acceptors (Lipinski definition) is 7. The molecule has 0 bridgehead atoms. The molecule has 17 heteroatoms. The Kier molecular flexibility index (Phi) is 11.8. The second-order valence-electron chi connectivity index (χ2n) is 16.1. The van der Waals surface area contributed by atoms with Gasteiger partial charge in [0.05, 0.1) is 23.6 Å². The highest BCUT2D eigenvalue weighted by Gasteiger charge is 2.43. The van der Waals surface area contributed by atoms with Crippen LogP contribution in [0.1, 0.15) is 24.8 Å². The van der Waals surface area contributed by atoms with Crippen LogP contribution < -0.4 is 9.80 Å². The third-order valence-electron chi connectivity index (χ3n) is 10.6. The Labute approximate surface area is 322 Å². The maximum atomic E-state index is 14.7. The van der Waals surface area contributed by atoms with Crippen molar-refractivity contribution in [3.8, 4) is 22.6 Å². The molecular weight excluding hydrogens is 762 g/mol. The molecule has 1 saturated carbocycles. The summed E-state index contributed by atoms with van der Waals surface area (Å²) in [4.78, 5) is 26.2. The number of imidazole rings is 1. The Morgan fingerprint density at radius 2 is 1.61 bits per heavy atom. The van der Waals surface area contributed by atoms with E-state index in [2.05, 4.69) is 19.6 Å². The number of hydrogen-bond donors (Lipinski definition) is 0. The molecule has 1 amide bonds. The summed E-state index contributed by atoms with van der Waals surface area (Å²) in [5.41, 5.74) is 1.67. The molecule has 1 aliphatic heterocycles. The Morgan fingerprint density at radius 1 is 0.929 bits per heavy atom. The molecule has 56 heavy (non-hydrogen) atoms. The number of carbonyl (C=O) groups excluding carboxylic acids is 1. The first-order valence-electron chi connectivity index (χ1n) is 18.6. The number of rotatable bonds is 13. The van der Waals surface area contributed by atoms with Gasteiger partial charge in [-0.15, -0.1) is 0 Å². The summed E-state index contributed by atoms with van der Waals surface area (Å²) in [6, 6.07) is 12.3. The zero-order valence-electron chi connectivity index (χ0n) is 32.2. The minimum absolute atomic E-state index is 0.0482. The molecule has 0 radical (unpaired) electrons. The zero-order valence-corrected chi connectivity index (χ0v) is 33.2.